The molecule has 1 amide bonds. The minimum absolute atomic E-state index is 0.0500. The van der Waals surface area contributed by atoms with Crippen LogP contribution in [-0.2, 0) is 11.2 Å². The van der Waals surface area contributed by atoms with Gasteiger partial charge in [-0.25, -0.2) is 4.39 Å². The van der Waals surface area contributed by atoms with Crippen molar-refractivity contribution < 1.29 is 19.2 Å². The highest BCUT2D eigenvalue weighted by Gasteiger charge is 2.28. The number of hydrogen-bond acceptors (Lipinski definition) is 4. The van der Waals surface area contributed by atoms with E-state index in [0.717, 1.165) is 0 Å². The van der Waals surface area contributed by atoms with E-state index < -0.39 is 30.8 Å². The predicted molar refractivity (Wildman–Crippen MR) is 79.7 cm³/mol. The molecule has 0 bridgehead atoms. The Kier molecular flexibility index (Phi) is 6.81. The molecule has 0 saturated carbocycles. The van der Waals surface area contributed by atoms with Crippen LogP contribution >= 0.6 is 0 Å². The number of rotatable bonds is 7. The van der Waals surface area contributed by atoms with Crippen molar-refractivity contribution in [2.45, 2.75) is 38.7 Å². The topological polar surface area (TPSA) is 95.6 Å². The molecule has 1 rings (SSSR count). The maximum absolute atomic E-state index is 13.5. The zero-order valence-corrected chi connectivity index (χ0v) is 12.3. The second-order valence-corrected chi connectivity index (χ2v) is 5.56. The number of nitrogens with one attached hydrogen (secondary N) is 1. The lowest BCUT2D eigenvalue weighted by Gasteiger charge is -2.22. The molecule has 5 nitrogen and oxygen atoms in total. The van der Waals surface area contributed by atoms with Crippen molar-refractivity contribution in [2.75, 3.05) is 0 Å². The van der Waals surface area contributed by atoms with Crippen LogP contribution < -0.4 is 11.1 Å². The first-order chi connectivity index (χ1) is 9.81. The number of halogens is 1. The molecular weight excluding hydrogens is 274 g/mol. The van der Waals surface area contributed by atoms with Crippen LogP contribution in [0.1, 0.15) is 25.8 Å². The monoisotopic (exact) mass is 296 g/mol. The molecule has 2 atom stereocenters. The van der Waals surface area contributed by atoms with Crippen molar-refractivity contribution in [3.63, 3.8) is 0 Å². The minimum Gasteiger partial charge on any atom is -0.426 e. The Hall–Kier alpha value is -1.44. The summed E-state index contributed by atoms with van der Waals surface area (Å²) in [5, 5.41) is 21.0. The van der Waals surface area contributed by atoms with Gasteiger partial charge in [-0.1, -0.05) is 32.0 Å². The fraction of sp³-hybridized carbons (Fsp3) is 0.500. The molecule has 0 fully saturated rings. The number of nitrogens with two attached hydrogens (primary N) is 1. The van der Waals surface area contributed by atoms with Crippen molar-refractivity contribution in [2.24, 2.45) is 11.7 Å². The average molecular weight is 296 g/mol. The van der Waals surface area contributed by atoms with Gasteiger partial charge < -0.3 is 21.1 Å². The number of carbonyl (C=O) groups is 1. The van der Waals surface area contributed by atoms with Crippen LogP contribution in [0.3, 0.4) is 0 Å². The maximum atomic E-state index is 13.5. The van der Waals surface area contributed by atoms with E-state index in [-0.39, 0.29) is 12.3 Å². The van der Waals surface area contributed by atoms with Crippen molar-refractivity contribution in [1.29, 1.82) is 0 Å². The van der Waals surface area contributed by atoms with Crippen LogP contribution in [0.15, 0.2) is 24.3 Å². The van der Waals surface area contributed by atoms with E-state index in [1.165, 1.54) is 6.07 Å². The van der Waals surface area contributed by atoms with Gasteiger partial charge in [0.15, 0.2) is 0 Å². The van der Waals surface area contributed by atoms with Gasteiger partial charge in [0, 0.05) is 0 Å². The highest BCUT2D eigenvalue weighted by atomic mass is 19.1. The van der Waals surface area contributed by atoms with Crippen molar-refractivity contribution in [3.05, 3.63) is 35.6 Å². The largest absolute Gasteiger partial charge is 0.475 e. The summed E-state index contributed by atoms with van der Waals surface area (Å²) < 4.78 is 13.5. The summed E-state index contributed by atoms with van der Waals surface area (Å²) >= 11 is 0. The molecule has 1 aromatic carbocycles. The lowest BCUT2D eigenvalue weighted by molar-refractivity contribution is -0.122. The van der Waals surface area contributed by atoms with Crippen molar-refractivity contribution in [3.8, 4) is 0 Å². The van der Waals surface area contributed by atoms with E-state index in [1.54, 1.807) is 18.2 Å². The van der Waals surface area contributed by atoms with Crippen LogP contribution in [0, 0.1) is 11.7 Å². The normalized spacial score (nSPS) is 13.9. The highest BCUT2D eigenvalue weighted by molar-refractivity contribution is 6.43. The van der Waals surface area contributed by atoms with Gasteiger partial charge in [-0.15, -0.1) is 0 Å². The van der Waals surface area contributed by atoms with Crippen LogP contribution in [0.4, 0.5) is 4.39 Å². The molecule has 0 unspecified atom stereocenters. The molecule has 0 aromatic heterocycles. The Morgan fingerprint density at radius 2 is 2.00 bits per heavy atom. The summed E-state index contributed by atoms with van der Waals surface area (Å²) in [7, 11) is -1.66. The van der Waals surface area contributed by atoms with Gasteiger partial charge in [-0.3, -0.25) is 4.79 Å². The third-order valence-electron chi connectivity index (χ3n) is 3.15. The van der Waals surface area contributed by atoms with E-state index in [1.807, 2.05) is 13.8 Å². The SMILES string of the molecule is CC(C)C[C@H](NC(=O)[C@@H](N)Cc1ccccc1F)B(O)O. The summed E-state index contributed by atoms with van der Waals surface area (Å²) in [6.07, 6.45) is 0.463. The first-order valence-corrected chi connectivity index (χ1v) is 6.96. The lowest BCUT2D eigenvalue weighted by atomic mass is 9.75. The smallest absolute Gasteiger partial charge is 0.426 e. The van der Waals surface area contributed by atoms with E-state index >= 15 is 0 Å². The van der Waals surface area contributed by atoms with Crippen molar-refractivity contribution in [1.82, 2.24) is 5.32 Å². The number of carbonyl (C=O) groups excluding carboxylic acids is 1. The van der Waals surface area contributed by atoms with Crippen molar-refractivity contribution >= 4 is 13.0 Å². The fourth-order valence-electron chi connectivity index (χ4n) is 2.05. The lowest BCUT2D eigenvalue weighted by Crippen LogP contribution is -2.52. The Bertz CT molecular complexity index is 471. The standard InChI is InChI=1S/C14H22BFN2O3/c1-9(2)7-13(15(20)21)18-14(19)12(17)8-10-5-3-4-6-11(10)16/h3-6,9,12-13,20-21H,7-8,17H2,1-2H3,(H,18,19)/t12-,13-/m0/s1. The Balaban J connectivity index is 2.63. The van der Waals surface area contributed by atoms with Gasteiger partial charge in [-0.2, -0.15) is 0 Å². The number of hydrogen-bond donors (Lipinski definition) is 4. The molecule has 21 heavy (non-hydrogen) atoms. The van der Waals surface area contributed by atoms with Gasteiger partial charge in [0.1, 0.15) is 5.82 Å². The molecule has 0 spiro atoms. The molecule has 0 saturated heterocycles. The number of benzene rings is 1. The summed E-state index contributed by atoms with van der Waals surface area (Å²) in [5.41, 5.74) is 6.11. The molecule has 0 heterocycles. The van der Waals surface area contributed by atoms with Gasteiger partial charge in [0.2, 0.25) is 5.91 Å². The second-order valence-electron chi connectivity index (χ2n) is 5.56. The van der Waals surface area contributed by atoms with E-state index in [9.17, 15) is 19.2 Å². The first kappa shape index (κ1) is 17.6. The van der Waals surface area contributed by atoms with Gasteiger partial charge >= 0.3 is 7.12 Å². The summed E-state index contributed by atoms with van der Waals surface area (Å²) in [4.78, 5) is 12.0. The third-order valence-corrected chi connectivity index (χ3v) is 3.15. The summed E-state index contributed by atoms with van der Waals surface area (Å²) in [6, 6.07) is 5.15. The van der Waals surface area contributed by atoms with E-state index in [2.05, 4.69) is 5.32 Å². The molecule has 7 heteroatoms. The molecule has 0 aliphatic rings. The van der Waals surface area contributed by atoms with Crippen LogP contribution in [0.2, 0.25) is 0 Å². The number of amides is 1. The van der Waals surface area contributed by atoms with E-state index in [4.69, 9.17) is 5.73 Å². The Morgan fingerprint density at radius 3 is 2.52 bits per heavy atom. The first-order valence-electron chi connectivity index (χ1n) is 6.96. The van der Waals surface area contributed by atoms with Crippen LogP contribution in [0.25, 0.3) is 0 Å². The molecule has 116 valence electrons. The van der Waals surface area contributed by atoms with E-state index in [0.29, 0.717) is 12.0 Å². The molecular formula is C14H22BFN2O3. The summed E-state index contributed by atoms with van der Waals surface area (Å²) in [5.74, 6) is -1.55. The summed E-state index contributed by atoms with van der Waals surface area (Å²) in [6.45, 7) is 3.81. The zero-order valence-electron chi connectivity index (χ0n) is 12.3. The molecule has 0 radical (unpaired) electrons. The molecule has 0 aliphatic heterocycles. The minimum atomic E-state index is -1.66. The van der Waals surface area contributed by atoms with Gasteiger partial charge in [-0.05, 0) is 30.4 Å². The zero-order chi connectivity index (χ0) is 16.0. The van der Waals surface area contributed by atoms with Gasteiger partial charge in [0.05, 0.1) is 12.0 Å². The fourth-order valence-corrected chi connectivity index (χ4v) is 2.05. The average Bonchev–Trinajstić information content (AvgIpc) is 2.39. The highest BCUT2D eigenvalue weighted by Crippen LogP contribution is 2.10. The Morgan fingerprint density at radius 1 is 1.38 bits per heavy atom. The quantitative estimate of drug-likeness (QED) is 0.542. The van der Waals surface area contributed by atoms with Gasteiger partial charge in [0.25, 0.3) is 0 Å². The molecule has 5 N–H and O–H groups in total. The maximum Gasteiger partial charge on any atom is 0.475 e. The van der Waals surface area contributed by atoms with Crippen LogP contribution in [0.5, 0.6) is 0 Å². The molecule has 1 aromatic rings. The molecule has 0 aliphatic carbocycles. The van der Waals surface area contributed by atoms with Crippen LogP contribution in [-0.4, -0.2) is 35.1 Å². The Labute approximate surface area is 124 Å². The second kappa shape index (κ2) is 8.12. The predicted octanol–water partition coefficient (Wildman–Crippen LogP) is 0.238. The third kappa shape index (κ3) is 5.83.